The quantitative estimate of drug-likeness (QED) is 0.358. The third-order valence-electron chi connectivity index (χ3n) is 4.91. The summed E-state index contributed by atoms with van der Waals surface area (Å²) in [7, 11) is -4.66. The first kappa shape index (κ1) is 25.7. The summed E-state index contributed by atoms with van der Waals surface area (Å²) < 4.78 is 73.8. The Morgan fingerprint density at radius 1 is 0.758 bits per heavy atom. The van der Waals surface area contributed by atoms with Crippen LogP contribution in [0.4, 0.5) is 13.2 Å². The molecule has 3 nitrogen and oxygen atoms in total. The van der Waals surface area contributed by atoms with Gasteiger partial charge >= 0.3 is 36.5 Å². The van der Waals surface area contributed by atoms with Crippen molar-refractivity contribution in [3.8, 4) is 0 Å². The molecule has 0 aromatic heterocycles. The maximum atomic E-state index is 13.5. The van der Waals surface area contributed by atoms with Gasteiger partial charge in [-0.2, -0.15) is 21.6 Å². The van der Waals surface area contributed by atoms with E-state index >= 15 is 0 Å². The average molecular weight is 590 g/mol. The molecule has 0 atom stereocenters. The van der Waals surface area contributed by atoms with E-state index in [9.17, 15) is 21.6 Å². The Hall–Kier alpha value is -1.91. The fraction of sp³-hybridized carbons (Fsp3) is 0.280. The molecule has 0 saturated carbocycles. The molecule has 0 heterocycles. The van der Waals surface area contributed by atoms with E-state index in [-0.39, 0.29) is 0 Å². The van der Waals surface area contributed by atoms with Gasteiger partial charge in [0.2, 0.25) is 0 Å². The average Bonchev–Trinajstić information content (AvgIpc) is 2.79. The van der Waals surface area contributed by atoms with E-state index in [1.165, 1.54) is 6.07 Å². The van der Waals surface area contributed by atoms with E-state index < -0.39 is 47.0 Å². The number of hydrogen-bond donors (Lipinski definition) is 0. The molecule has 0 aliphatic rings. The topological polar surface area (TPSA) is 43.4 Å². The van der Waals surface area contributed by atoms with E-state index in [0.717, 1.165) is 55.0 Å². The molecule has 0 amide bonds. The predicted molar refractivity (Wildman–Crippen MR) is 118 cm³/mol. The van der Waals surface area contributed by atoms with Crippen LogP contribution in [-0.4, -0.2) is 8.42 Å². The molecular formula is C25H26F3IO3S+. The van der Waals surface area contributed by atoms with Crippen LogP contribution in [0, 0.1) is 7.14 Å². The molecule has 3 aromatic rings. The molecule has 33 heavy (non-hydrogen) atoms. The molecule has 0 spiro atoms. The van der Waals surface area contributed by atoms with Crippen molar-refractivity contribution in [2.24, 2.45) is 0 Å². The van der Waals surface area contributed by atoms with Crippen molar-refractivity contribution in [2.75, 3.05) is 0 Å². The standard InChI is InChI=1S/C25H26F3IO3S/c1-3-7-19-11-15-21(16-12-19)29(22-17-13-20(8-4-2)14-18-22)32-33(30,31)24-10-6-5-9-23(24)25(26,27)28/h5-6,9-18H,3-4,7-8H2,1-2H3/q+1. The van der Waals surface area contributed by atoms with Crippen LogP contribution in [0.2, 0.25) is 0 Å². The van der Waals surface area contributed by atoms with Gasteiger partial charge in [0.15, 0.2) is 7.14 Å². The van der Waals surface area contributed by atoms with Crippen LogP contribution in [0.15, 0.2) is 77.7 Å². The highest BCUT2D eigenvalue weighted by Gasteiger charge is 2.43. The van der Waals surface area contributed by atoms with E-state index in [2.05, 4.69) is 13.8 Å². The molecule has 0 aliphatic carbocycles. The van der Waals surface area contributed by atoms with E-state index in [1.54, 1.807) is 0 Å². The number of hydrogen-bond acceptors (Lipinski definition) is 3. The largest absolute Gasteiger partial charge is 0.417 e. The summed E-state index contributed by atoms with van der Waals surface area (Å²) in [6.07, 6.45) is -1.09. The molecule has 0 aliphatic heterocycles. The summed E-state index contributed by atoms with van der Waals surface area (Å²) in [5.41, 5.74) is 0.999. The molecule has 0 unspecified atom stereocenters. The zero-order chi connectivity index (χ0) is 24.1. The van der Waals surface area contributed by atoms with Gasteiger partial charge in [-0.15, -0.1) is 0 Å². The highest BCUT2D eigenvalue weighted by molar-refractivity contribution is 7.86. The highest BCUT2D eigenvalue weighted by Crippen LogP contribution is 2.34. The van der Waals surface area contributed by atoms with E-state index in [1.807, 2.05) is 48.5 Å². The minimum Gasteiger partial charge on any atom is -0.190 e. The van der Waals surface area contributed by atoms with Gasteiger partial charge in [0.05, 0.1) is 5.56 Å². The van der Waals surface area contributed by atoms with Gasteiger partial charge in [-0.1, -0.05) is 63.1 Å². The van der Waals surface area contributed by atoms with Crippen LogP contribution < -0.4 is 20.2 Å². The zero-order valence-electron chi connectivity index (χ0n) is 18.4. The summed E-state index contributed by atoms with van der Waals surface area (Å²) in [6.45, 7) is 4.14. The lowest BCUT2D eigenvalue weighted by atomic mass is 10.1. The first-order valence-corrected chi connectivity index (χ1v) is 15.1. The summed E-state index contributed by atoms with van der Waals surface area (Å²) >= 11 is -3.08. The minimum absolute atomic E-state index is 0.704. The second-order valence-electron chi connectivity index (χ2n) is 7.51. The van der Waals surface area contributed by atoms with Crippen LogP contribution in [0.5, 0.6) is 0 Å². The Kier molecular flexibility index (Phi) is 8.58. The lowest BCUT2D eigenvalue weighted by molar-refractivity contribution is -1.03. The second kappa shape index (κ2) is 11.0. The van der Waals surface area contributed by atoms with E-state index in [4.69, 9.17) is 2.51 Å². The van der Waals surface area contributed by atoms with Gasteiger partial charge < -0.3 is 0 Å². The van der Waals surface area contributed by atoms with Crippen LogP contribution in [0.25, 0.3) is 0 Å². The Labute approximate surface area is 201 Å². The smallest absolute Gasteiger partial charge is 0.190 e. The number of rotatable bonds is 9. The third kappa shape index (κ3) is 6.58. The fourth-order valence-electron chi connectivity index (χ4n) is 3.34. The van der Waals surface area contributed by atoms with Crippen molar-refractivity contribution >= 4 is 10.1 Å². The van der Waals surface area contributed by atoms with Gasteiger partial charge in [0.1, 0.15) is 4.90 Å². The Morgan fingerprint density at radius 2 is 1.21 bits per heavy atom. The van der Waals surface area contributed by atoms with Crippen molar-refractivity contribution in [3.63, 3.8) is 0 Å². The molecule has 1 radical (unpaired) electrons. The maximum Gasteiger partial charge on any atom is 0.417 e. The maximum absolute atomic E-state index is 13.5. The lowest BCUT2D eigenvalue weighted by Crippen LogP contribution is -3.85. The van der Waals surface area contributed by atoms with Crippen LogP contribution in [0.1, 0.15) is 43.4 Å². The molecular weight excluding hydrogens is 564 g/mol. The number of alkyl halides is 3. The fourth-order valence-corrected chi connectivity index (χ4v) is 10.4. The van der Waals surface area contributed by atoms with Crippen LogP contribution in [0.3, 0.4) is 0 Å². The van der Waals surface area contributed by atoms with E-state index in [0.29, 0.717) is 7.14 Å². The normalized spacial score (nSPS) is 12.3. The van der Waals surface area contributed by atoms with Gasteiger partial charge in [0, 0.05) is 0 Å². The molecule has 177 valence electrons. The van der Waals surface area contributed by atoms with Crippen molar-refractivity contribution in [3.05, 3.63) is 96.6 Å². The Morgan fingerprint density at radius 3 is 1.64 bits per heavy atom. The molecule has 0 saturated heterocycles. The van der Waals surface area contributed by atoms with Gasteiger partial charge in [-0.05, 0) is 62.9 Å². The summed E-state index contributed by atoms with van der Waals surface area (Å²) in [5.74, 6) is 0. The van der Waals surface area contributed by atoms with Crippen molar-refractivity contribution in [2.45, 2.75) is 50.6 Å². The molecule has 3 rings (SSSR count). The lowest BCUT2D eigenvalue weighted by Gasteiger charge is -2.12. The Bertz CT molecular complexity index is 1110. The van der Waals surface area contributed by atoms with Crippen LogP contribution >= 0.6 is 0 Å². The minimum atomic E-state index is -4.81. The number of halogens is 4. The first-order chi connectivity index (χ1) is 15.7. The monoisotopic (exact) mass is 590 g/mol. The first-order valence-electron chi connectivity index (χ1n) is 10.6. The van der Waals surface area contributed by atoms with Gasteiger partial charge in [-0.25, -0.2) is 0 Å². The van der Waals surface area contributed by atoms with Crippen molar-refractivity contribution in [1.82, 2.24) is 0 Å². The van der Waals surface area contributed by atoms with Gasteiger partial charge in [-0.3, -0.25) is 0 Å². The second-order valence-corrected chi connectivity index (χ2v) is 14.0. The zero-order valence-corrected chi connectivity index (χ0v) is 21.4. The van der Waals surface area contributed by atoms with Crippen LogP contribution in [-0.2, 0) is 31.6 Å². The number of aryl methyl sites for hydroxylation is 2. The number of benzene rings is 3. The highest BCUT2D eigenvalue weighted by atomic mass is 127. The molecule has 0 fully saturated rings. The molecule has 8 heteroatoms. The Balaban J connectivity index is 2.04. The summed E-state index contributed by atoms with van der Waals surface area (Å²) in [5, 5.41) is 0. The molecule has 0 bridgehead atoms. The molecule has 0 N–H and O–H groups in total. The van der Waals surface area contributed by atoms with Crippen molar-refractivity contribution < 1.29 is 44.3 Å². The van der Waals surface area contributed by atoms with Gasteiger partial charge in [0.25, 0.3) is 0 Å². The summed E-state index contributed by atoms with van der Waals surface area (Å²) in [6, 6.07) is 19.2. The predicted octanol–water partition coefficient (Wildman–Crippen LogP) is 3.60. The molecule has 3 aromatic carbocycles. The SMILES string of the molecule is CCCc1ccc([I+](OS(=O)(=O)c2ccccc2C(F)(F)F)c2ccc(CCC)cc2)cc1. The van der Waals surface area contributed by atoms with Crippen molar-refractivity contribution in [1.29, 1.82) is 0 Å². The summed E-state index contributed by atoms with van der Waals surface area (Å²) in [4.78, 5) is -0.856. The third-order valence-corrected chi connectivity index (χ3v) is 12.3.